The first-order chi connectivity index (χ1) is 11.4. The van der Waals surface area contributed by atoms with Crippen LogP contribution < -0.4 is 5.32 Å². The Labute approximate surface area is 153 Å². The number of anilines is 1. The second kappa shape index (κ2) is 8.41. The van der Waals surface area contributed by atoms with Crippen LogP contribution in [0.15, 0.2) is 57.9 Å². The van der Waals surface area contributed by atoms with Crippen molar-refractivity contribution in [2.24, 2.45) is 0 Å². The molecule has 8 heteroatoms. The van der Waals surface area contributed by atoms with Crippen molar-refractivity contribution >= 4 is 40.9 Å². The van der Waals surface area contributed by atoms with Crippen molar-refractivity contribution in [1.82, 2.24) is 4.31 Å². The molecular formula is C16H20BrN2O3PS. The van der Waals surface area contributed by atoms with E-state index in [-0.39, 0.29) is 17.5 Å². The van der Waals surface area contributed by atoms with Gasteiger partial charge in [0.15, 0.2) is 0 Å². The van der Waals surface area contributed by atoms with Gasteiger partial charge in [-0.05, 0) is 39.7 Å². The van der Waals surface area contributed by atoms with Crippen LogP contribution in [-0.4, -0.2) is 37.8 Å². The zero-order valence-electron chi connectivity index (χ0n) is 13.2. The lowest BCUT2D eigenvalue weighted by Crippen LogP contribution is -2.25. The summed E-state index contributed by atoms with van der Waals surface area (Å²) in [6.07, 6.45) is 0.320. The van der Waals surface area contributed by atoms with Gasteiger partial charge in [-0.2, -0.15) is 4.31 Å². The number of hydrogen-bond acceptors (Lipinski definition) is 4. The Morgan fingerprint density at radius 1 is 1.25 bits per heavy atom. The van der Waals surface area contributed by atoms with Gasteiger partial charge in [-0.25, -0.2) is 8.42 Å². The molecule has 24 heavy (non-hydrogen) atoms. The van der Waals surface area contributed by atoms with Gasteiger partial charge in [0.25, 0.3) is 0 Å². The Kier molecular flexibility index (Phi) is 6.78. The second-order valence-corrected chi connectivity index (χ2v) is 8.48. The summed E-state index contributed by atoms with van der Waals surface area (Å²) < 4.78 is 26.6. The van der Waals surface area contributed by atoms with Gasteiger partial charge in [0.1, 0.15) is 0 Å². The molecule has 0 spiro atoms. The molecule has 2 rings (SSSR count). The minimum absolute atomic E-state index is 0.0771. The average Bonchev–Trinajstić information content (AvgIpc) is 2.60. The average molecular weight is 431 g/mol. The van der Waals surface area contributed by atoms with Gasteiger partial charge in [0, 0.05) is 23.5 Å². The molecular weight excluding hydrogens is 411 g/mol. The van der Waals surface area contributed by atoms with Gasteiger partial charge in [-0.15, -0.1) is 9.24 Å². The summed E-state index contributed by atoms with van der Waals surface area (Å²) in [6, 6.07) is 14.1. The molecule has 0 saturated carbocycles. The summed E-state index contributed by atoms with van der Waals surface area (Å²) in [5.41, 5.74) is 1.66. The number of sulfonamides is 1. The normalized spacial score (nSPS) is 13.0. The molecule has 0 bridgehead atoms. The lowest BCUT2D eigenvalue weighted by Gasteiger charge is -2.20. The number of nitrogens with one attached hydrogen (secondary N) is 1. The summed E-state index contributed by atoms with van der Waals surface area (Å²) >= 11 is 3.41. The first kappa shape index (κ1) is 19.3. The monoisotopic (exact) mass is 430 g/mol. The number of nitrogens with zero attached hydrogens (tertiary/aromatic N) is 1. The topological polar surface area (TPSA) is 69.6 Å². The van der Waals surface area contributed by atoms with Gasteiger partial charge in [0.2, 0.25) is 10.0 Å². The highest BCUT2D eigenvalue weighted by atomic mass is 79.9. The molecule has 2 N–H and O–H groups in total. The van der Waals surface area contributed by atoms with E-state index in [9.17, 15) is 13.5 Å². The molecule has 2 atom stereocenters. The van der Waals surface area contributed by atoms with Crippen molar-refractivity contribution in [1.29, 1.82) is 0 Å². The maximum absolute atomic E-state index is 12.4. The van der Waals surface area contributed by atoms with Crippen molar-refractivity contribution < 1.29 is 13.5 Å². The molecule has 5 nitrogen and oxygen atoms in total. The predicted molar refractivity (Wildman–Crippen MR) is 104 cm³/mol. The summed E-state index contributed by atoms with van der Waals surface area (Å²) in [6.45, 7) is -0.0771. The Hall–Kier alpha value is -0.980. The predicted octanol–water partition coefficient (Wildman–Crippen LogP) is 3.05. The number of halogens is 1. The fourth-order valence-electron chi connectivity index (χ4n) is 2.16. The van der Waals surface area contributed by atoms with Crippen LogP contribution in [0.4, 0.5) is 5.69 Å². The largest absolute Gasteiger partial charge is 0.394 e. The van der Waals surface area contributed by atoms with E-state index in [0.717, 1.165) is 5.56 Å². The minimum atomic E-state index is -3.51. The standard InChI is InChI=1S/C16H20BrN2O3PS/c1-19(11-23)24(21,22)13-7-8-15(14(17)9-13)18-16(10-20)12-5-3-2-4-6-12/h2-9,16,18,20H,10-11,23H2,1H3/t16-/m0/s1. The Morgan fingerprint density at radius 3 is 2.46 bits per heavy atom. The van der Waals surface area contributed by atoms with E-state index in [1.807, 2.05) is 30.3 Å². The highest BCUT2D eigenvalue weighted by Crippen LogP contribution is 2.30. The summed E-state index contributed by atoms with van der Waals surface area (Å²) in [5.74, 6) is 0. The van der Waals surface area contributed by atoms with Crippen LogP contribution in [0.2, 0.25) is 0 Å². The molecule has 0 heterocycles. The first-order valence-corrected chi connectivity index (χ1v) is 10.3. The maximum atomic E-state index is 12.4. The number of hydrogen-bond donors (Lipinski definition) is 2. The molecule has 0 radical (unpaired) electrons. The molecule has 2 aromatic carbocycles. The molecule has 0 aliphatic rings. The fourth-order valence-corrected chi connectivity index (χ4v) is 4.46. The van der Waals surface area contributed by atoms with Crippen LogP contribution in [0.5, 0.6) is 0 Å². The number of benzene rings is 2. The van der Waals surface area contributed by atoms with Crippen molar-refractivity contribution in [3.8, 4) is 0 Å². The summed E-state index contributed by atoms with van der Waals surface area (Å²) in [5, 5.41) is 12.9. The highest BCUT2D eigenvalue weighted by Gasteiger charge is 2.21. The number of aliphatic hydroxyl groups excluding tert-OH is 1. The van der Waals surface area contributed by atoms with E-state index in [2.05, 4.69) is 30.5 Å². The van der Waals surface area contributed by atoms with Gasteiger partial charge >= 0.3 is 0 Å². The molecule has 1 unspecified atom stereocenters. The van der Waals surface area contributed by atoms with Crippen LogP contribution >= 0.6 is 25.2 Å². The zero-order chi connectivity index (χ0) is 17.7. The molecule has 0 aliphatic carbocycles. The van der Waals surface area contributed by atoms with Gasteiger partial charge in [0.05, 0.1) is 17.5 Å². The second-order valence-electron chi connectivity index (χ2n) is 5.22. The van der Waals surface area contributed by atoms with Crippen LogP contribution in [0.1, 0.15) is 11.6 Å². The third-order valence-corrected chi connectivity index (χ3v) is 6.91. The molecule has 0 fully saturated rings. The van der Waals surface area contributed by atoms with E-state index in [1.54, 1.807) is 18.2 Å². The van der Waals surface area contributed by atoms with Gasteiger partial charge in [-0.3, -0.25) is 0 Å². The summed E-state index contributed by atoms with van der Waals surface area (Å²) in [7, 11) is 0.408. The molecule has 130 valence electrons. The Bertz CT molecular complexity index is 787. The van der Waals surface area contributed by atoms with Crippen molar-refractivity contribution in [3.05, 3.63) is 58.6 Å². The lowest BCUT2D eigenvalue weighted by molar-refractivity contribution is 0.276. The van der Waals surface area contributed by atoms with E-state index in [1.165, 1.54) is 11.4 Å². The van der Waals surface area contributed by atoms with Crippen molar-refractivity contribution in [2.75, 3.05) is 25.3 Å². The molecule has 0 amide bonds. The minimum Gasteiger partial charge on any atom is -0.394 e. The lowest BCUT2D eigenvalue weighted by atomic mass is 10.1. The van der Waals surface area contributed by atoms with E-state index < -0.39 is 10.0 Å². The van der Waals surface area contributed by atoms with Crippen molar-refractivity contribution in [3.63, 3.8) is 0 Å². The molecule has 0 aliphatic heterocycles. The summed E-state index contributed by atoms with van der Waals surface area (Å²) in [4.78, 5) is 0.213. The highest BCUT2D eigenvalue weighted by molar-refractivity contribution is 9.10. The van der Waals surface area contributed by atoms with Crippen LogP contribution in [0, 0.1) is 0 Å². The number of rotatable bonds is 7. The Morgan fingerprint density at radius 2 is 1.92 bits per heavy atom. The molecule has 2 aromatic rings. The van der Waals surface area contributed by atoms with Crippen LogP contribution in [0.25, 0.3) is 0 Å². The maximum Gasteiger partial charge on any atom is 0.243 e. The quantitative estimate of drug-likeness (QED) is 0.662. The van der Waals surface area contributed by atoms with Gasteiger partial charge in [-0.1, -0.05) is 30.3 Å². The van der Waals surface area contributed by atoms with E-state index >= 15 is 0 Å². The third kappa shape index (κ3) is 4.35. The van der Waals surface area contributed by atoms with Gasteiger partial charge < -0.3 is 10.4 Å². The first-order valence-electron chi connectivity index (χ1n) is 7.28. The van der Waals surface area contributed by atoms with Crippen LogP contribution in [0.3, 0.4) is 0 Å². The van der Waals surface area contributed by atoms with Crippen molar-refractivity contribution in [2.45, 2.75) is 10.9 Å². The third-order valence-electron chi connectivity index (χ3n) is 3.62. The van der Waals surface area contributed by atoms with Crippen LogP contribution in [-0.2, 0) is 10.0 Å². The smallest absolute Gasteiger partial charge is 0.243 e. The Balaban J connectivity index is 2.27. The van der Waals surface area contributed by atoms with E-state index in [4.69, 9.17) is 0 Å². The SMILES string of the molecule is CN(CP)S(=O)(=O)c1ccc(N[C@@H](CO)c2ccccc2)c(Br)c1. The zero-order valence-corrected chi connectivity index (χ0v) is 16.7. The molecule has 0 saturated heterocycles. The number of aliphatic hydroxyl groups is 1. The van der Waals surface area contributed by atoms with E-state index in [0.29, 0.717) is 16.4 Å². The fraction of sp³-hybridized carbons (Fsp3) is 0.250. The molecule has 0 aromatic heterocycles.